The third-order valence-corrected chi connectivity index (χ3v) is 1.99. The van der Waals surface area contributed by atoms with E-state index in [1.165, 1.54) is 12.1 Å². The number of amidine groups is 1. The summed E-state index contributed by atoms with van der Waals surface area (Å²) in [5, 5.41) is 14.2. The molecule has 0 spiro atoms. The Balaban J connectivity index is 2.51. The molecule has 0 radical (unpaired) electrons. The summed E-state index contributed by atoms with van der Waals surface area (Å²) in [5.74, 6) is -0.334. The van der Waals surface area contributed by atoms with Gasteiger partial charge in [-0.05, 0) is 18.2 Å². The number of anilines is 1. The topological polar surface area (TPSA) is 70.6 Å². The van der Waals surface area contributed by atoms with Gasteiger partial charge in [0.05, 0.1) is 5.69 Å². The summed E-state index contributed by atoms with van der Waals surface area (Å²) in [5.41, 5.74) is 5.58. The van der Waals surface area contributed by atoms with E-state index < -0.39 is 5.82 Å². The second kappa shape index (κ2) is 5.41. The van der Waals surface area contributed by atoms with E-state index in [-0.39, 0.29) is 5.84 Å². The lowest BCUT2D eigenvalue weighted by molar-refractivity contribution is 0.317. The maximum Gasteiger partial charge on any atom is 0.147 e. The molecule has 0 saturated carbocycles. The van der Waals surface area contributed by atoms with E-state index in [1.807, 2.05) is 0 Å². The van der Waals surface area contributed by atoms with Gasteiger partial charge in [0.15, 0.2) is 0 Å². The predicted molar refractivity (Wildman–Crippen MR) is 57.9 cm³/mol. The highest BCUT2D eigenvalue weighted by molar-refractivity contribution is 6.30. The van der Waals surface area contributed by atoms with Crippen molar-refractivity contribution in [2.75, 3.05) is 11.9 Å². The third-order valence-electron chi connectivity index (χ3n) is 1.76. The average Bonchev–Trinajstić information content (AvgIpc) is 2.21. The number of nitrogens with one attached hydrogen (secondary N) is 1. The highest BCUT2D eigenvalue weighted by Crippen LogP contribution is 2.18. The van der Waals surface area contributed by atoms with Crippen molar-refractivity contribution >= 4 is 23.1 Å². The number of hydrogen-bond donors (Lipinski definition) is 3. The highest BCUT2D eigenvalue weighted by Gasteiger charge is 2.02. The van der Waals surface area contributed by atoms with Crippen molar-refractivity contribution in [2.45, 2.75) is 6.42 Å². The molecular formula is C9H11ClFN3O. The molecule has 0 aliphatic rings. The van der Waals surface area contributed by atoms with E-state index in [4.69, 9.17) is 22.5 Å². The monoisotopic (exact) mass is 231 g/mol. The van der Waals surface area contributed by atoms with Crippen LogP contribution >= 0.6 is 11.6 Å². The molecule has 0 bridgehead atoms. The van der Waals surface area contributed by atoms with Crippen molar-refractivity contribution < 1.29 is 9.60 Å². The summed E-state index contributed by atoms with van der Waals surface area (Å²) >= 11 is 5.58. The fraction of sp³-hybridized carbons (Fsp3) is 0.222. The number of oxime groups is 1. The zero-order valence-corrected chi connectivity index (χ0v) is 8.63. The normalized spacial score (nSPS) is 11.5. The molecule has 0 saturated heterocycles. The molecule has 1 aromatic rings. The second-order valence-electron chi connectivity index (χ2n) is 2.89. The van der Waals surface area contributed by atoms with Crippen molar-refractivity contribution in [2.24, 2.45) is 10.9 Å². The average molecular weight is 232 g/mol. The van der Waals surface area contributed by atoms with Gasteiger partial charge in [0.2, 0.25) is 0 Å². The minimum absolute atomic E-state index is 0.0943. The van der Waals surface area contributed by atoms with Gasteiger partial charge >= 0.3 is 0 Å². The number of benzene rings is 1. The van der Waals surface area contributed by atoms with Gasteiger partial charge in [-0.3, -0.25) is 0 Å². The molecule has 0 atom stereocenters. The first-order chi connectivity index (χ1) is 7.13. The quantitative estimate of drug-likeness (QED) is 0.321. The maximum atomic E-state index is 13.2. The first-order valence-electron chi connectivity index (χ1n) is 4.29. The summed E-state index contributed by atoms with van der Waals surface area (Å²) in [4.78, 5) is 0. The van der Waals surface area contributed by atoms with Gasteiger partial charge in [0, 0.05) is 18.0 Å². The van der Waals surface area contributed by atoms with Crippen LogP contribution in [0.15, 0.2) is 23.4 Å². The number of halogens is 2. The molecule has 15 heavy (non-hydrogen) atoms. The summed E-state index contributed by atoms with van der Waals surface area (Å²) in [7, 11) is 0. The Morgan fingerprint density at radius 1 is 1.60 bits per heavy atom. The van der Waals surface area contributed by atoms with Crippen LogP contribution in [0.3, 0.4) is 0 Å². The van der Waals surface area contributed by atoms with Gasteiger partial charge in [-0.15, -0.1) is 0 Å². The number of hydrogen-bond acceptors (Lipinski definition) is 3. The number of rotatable bonds is 4. The maximum absolute atomic E-state index is 13.2. The van der Waals surface area contributed by atoms with Crippen LogP contribution in [-0.4, -0.2) is 17.6 Å². The van der Waals surface area contributed by atoms with E-state index in [1.54, 1.807) is 6.07 Å². The Labute approximate surface area is 91.5 Å². The minimum atomic E-state index is -0.429. The fourth-order valence-corrected chi connectivity index (χ4v) is 1.17. The van der Waals surface area contributed by atoms with Gasteiger partial charge in [0.1, 0.15) is 11.7 Å². The zero-order valence-electron chi connectivity index (χ0n) is 7.87. The summed E-state index contributed by atoms with van der Waals surface area (Å²) < 4.78 is 13.2. The molecule has 82 valence electrons. The highest BCUT2D eigenvalue weighted by atomic mass is 35.5. The Kier molecular flexibility index (Phi) is 4.17. The molecule has 6 heteroatoms. The zero-order chi connectivity index (χ0) is 11.3. The summed E-state index contributed by atoms with van der Waals surface area (Å²) in [6.45, 7) is 0.383. The van der Waals surface area contributed by atoms with Crippen LogP contribution in [-0.2, 0) is 0 Å². The molecule has 0 aliphatic carbocycles. The van der Waals surface area contributed by atoms with Gasteiger partial charge in [-0.1, -0.05) is 16.8 Å². The van der Waals surface area contributed by atoms with Gasteiger partial charge in [0.25, 0.3) is 0 Å². The molecule has 4 N–H and O–H groups in total. The minimum Gasteiger partial charge on any atom is -0.409 e. The van der Waals surface area contributed by atoms with Crippen LogP contribution in [0.4, 0.5) is 10.1 Å². The molecule has 0 unspecified atom stereocenters. The molecule has 0 aliphatic heterocycles. The third kappa shape index (κ3) is 3.63. The molecule has 0 aromatic heterocycles. The Bertz CT molecular complexity index is 370. The van der Waals surface area contributed by atoms with E-state index >= 15 is 0 Å². The molecule has 0 amide bonds. The molecular weight excluding hydrogens is 221 g/mol. The molecule has 4 nitrogen and oxygen atoms in total. The van der Waals surface area contributed by atoms with Crippen LogP contribution in [0.1, 0.15) is 6.42 Å². The Morgan fingerprint density at radius 3 is 2.93 bits per heavy atom. The van der Waals surface area contributed by atoms with E-state index in [0.717, 1.165) is 0 Å². The van der Waals surface area contributed by atoms with Crippen molar-refractivity contribution in [3.63, 3.8) is 0 Å². The SMILES string of the molecule is NC(CCNc1ccc(Cl)cc1F)=NO. The van der Waals surface area contributed by atoms with E-state index in [9.17, 15) is 4.39 Å². The van der Waals surface area contributed by atoms with Crippen LogP contribution < -0.4 is 11.1 Å². The molecule has 1 aromatic carbocycles. The van der Waals surface area contributed by atoms with Gasteiger partial charge in [-0.2, -0.15) is 0 Å². The first-order valence-corrected chi connectivity index (χ1v) is 4.66. The Morgan fingerprint density at radius 2 is 2.33 bits per heavy atom. The predicted octanol–water partition coefficient (Wildman–Crippen LogP) is 2.03. The summed E-state index contributed by atoms with van der Waals surface area (Å²) in [6.07, 6.45) is 0.332. The van der Waals surface area contributed by atoms with Crippen LogP contribution in [0, 0.1) is 5.82 Å². The van der Waals surface area contributed by atoms with Crippen molar-refractivity contribution in [3.05, 3.63) is 29.0 Å². The standard InChI is InChI=1S/C9H11ClFN3O/c10-6-1-2-8(7(11)5-6)13-4-3-9(12)14-15/h1-2,5,13,15H,3-4H2,(H2,12,14). The number of nitrogens with two attached hydrogens (primary N) is 1. The lowest BCUT2D eigenvalue weighted by atomic mass is 10.3. The Hall–Kier alpha value is -1.49. The fourth-order valence-electron chi connectivity index (χ4n) is 1.01. The molecule has 0 heterocycles. The van der Waals surface area contributed by atoms with Crippen molar-refractivity contribution in [1.29, 1.82) is 0 Å². The van der Waals surface area contributed by atoms with E-state index in [0.29, 0.717) is 23.7 Å². The lowest BCUT2D eigenvalue weighted by Gasteiger charge is -2.06. The number of nitrogens with zero attached hydrogens (tertiary/aromatic N) is 1. The van der Waals surface area contributed by atoms with Crippen LogP contribution in [0.2, 0.25) is 5.02 Å². The molecule has 0 fully saturated rings. The smallest absolute Gasteiger partial charge is 0.147 e. The second-order valence-corrected chi connectivity index (χ2v) is 3.33. The summed E-state index contributed by atoms with van der Waals surface area (Å²) in [6, 6.07) is 4.33. The van der Waals surface area contributed by atoms with Crippen molar-refractivity contribution in [1.82, 2.24) is 0 Å². The van der Waals surface area contributed by atoms with Crippen molar-refractivity contribution in [3.8, 4) is 0 Å². The lowest BCUT2D eigenvalue weighted by Crippen LogP contribution is -2.16. The molecule has 1 rings (SSSR count). The van der Waals surface area contributed by atoms with Gasteiger partial charge in [-0.25, -0.2) is 4.39 Å². The van der Waals surface area contributed by atoms with Gasteiger partial charge < -0.3 is 16.3 Å². The largest absolute Gasteiger partial charge is 0.409 e. The first kappa shape index (κ1) is 11.6. The van der Waals surface area contributed by atoms with Crippen LogP contribution in [0.5, 0.6) is 0 Å². The van der Waals surface area contributed by atoms with E-state index in [2.05, 4.69) is 10.5 Å². The van der Waals surface area contributed by atoms with Crippen LogP contribution in [0.25, 0.3) is 0 Å².